The van der Waals surface area contributed by atoms with E-state index in [-0.39, 0.29) is 11.8 Å². The van der Waals surface area contributed by atoms with Crippen LogP contribution in [0.1, 0.15) is 41.0 Å². The maximum Gasteiger partial charge on any atom is 0.265 e. The van der Waals surface area contributed by atoms with E-state index >= 15 is 0 Å². The predicted octanol–water partition coefficient (Wildman–Crippen LogP) is 2.47. The highest BCUT2D eigenvalue weighted by molar-refractivity contribution is 7.08. The molecule has 0 aliphatic carbocycles. The molecule has 0 bridgehead atoms. The Morgan fingerprint density at radius 3 is 2.95 bits per heavy atom. The molecule has 3 aromatic rings. The first-order valence-corrected chi connectivity index (χ1v) is 7.46. The second-order valence-electron chi connectivity index (χ2n) is 5.03. The number of benzene rings is 1. The van der Waals surface area contributed by atoms with E-state index in [1.54, 1.807) is 0 Å². The van der Waals surface area contributed by atoms with Crippen molar-refractivity contribution in [2.75, 3.05) is 0 Å². The molecular weight excluding hydrogens is 286 g/mol. The first kappa shape index (κ1) is 13.7. The van der Waals surface area contributed by atoms with Gasteiger partial charge in [0.25, 0.3) is 5.91 Å². The lowest BCUT2D eigenvalue weighted by Crippen LogP contribution is -2.23. The molecule has 0 spiro atoms. The van der Waals surface area contributed by atoms with Gasteiger partial charge in [0.05, 0.1) is 23.3 Å². The summed E-state index contributed by atoms with van der Waals surface area (Å²) >= 11 is 1.12. The van der Waals surface area contributed by atoms with Crippen LogP contribution in [-0.2, 0) is 6.54 Å². The summed E-state index contributed by atoms with van der Waals surface area (Å²) in [5.41, 5.74) is 2.59. The fraction of sp³-hybridized carbons (Fsp3) is 0.286. The zero-order chi connectivity index (χ0) is 14.8. The van der Waals surface area contributed by atoms with Gasteiger partial charge < -0.3 is 10.3 Å². The molecule has 2 heterocycles. The third-order valence-electron chi connectivity index (χ3n) is 3.12. The first-order chi connectivity index (χ1) is 10.1. The Morgan fingerprint density at radius 1 is 1.38 bits per heavy atom. The van der Waals surface area contributed by atoms with E-state index in [0.717, 1.165) is 34.1 Å². The van der Waals surface area contributed by atoms with Crippen molar-refractivity contribution >= 4 is 28.5 Å². The van der Waals surface area contributed by atoms with Crippen molar-refractivity contribution in [1.29, 1.82) is 0 Å². The van der Waals surface area contributed by atoms with Gasteiger partial charge in [0.1, 0.15) is 10.7 Å². The smallest absolute Gasteiger partial charge is 0.265 e. The highest BCUT2D eigenvalue weighted by atomic mass is 32.1. The molecule has 108 valence electrons. The topological polar surface area (TPSA) is 83.6 Å². The quantitative estimate of drug-likeness (QED) is 0.775. The molecule has 1 amide bonds. The fourth-order valence-electron chi connectivity index (χ4n) is 2.07. The minimum absolute atomic E-state index is 0.158. The number of aromatic amines is 1. The molecule has 0 radical (unpaired) electrons. The van der Waals surface area contributed by atoms with Gasteiger partial charge in [-0.05, 0) is 29.6 Å². The van der Waals surface area contributed by atoms with E-state index in [1.807, 2.05) is 38.1 Å². The lowest BCUT2D eigenvalue weighted by molar-refractivity contribution is 0.0952. The van der Waals surface area contributed by atoms with Crippen molar-refractivity contribution in [3.05, 3.63) is 40.7 Å². The molecular formula is C14H15N5OS. The van der Waals surface area contributed by atoms with Crippen LogP contribution in [-0.4, -0.2) is 25.5 Å². The van der Waals surface area contributed by atoms with E-state index in [0.29, 0.717) is 11.4 Å². The molecule has 2 N–H and O–H groups in total. The van der Waals surface area contributed by atoms with Crippen molar-refractivity contribution < 1.29 is 4.79 Å². The Morgan fingerprint density at radius 2 is 2.19 bits per heavy atom. The van der Waals surface area contributed by atoms with Crippen molar-refractivity contribution in [3.63, 3.8) is 0 Å². The second kappa shape index (κ2) is 5.61. The van der Waals surface area contributed by atoms with Crippen molar-refractivity contribution in [2.45, 2.75) is 26.3 Å². The van der Waals surface area contributed by atoms with Gasteiger partial charge in [-0.3, -0.25) is 4.79 Å². The van der Waals surface area contributed by atoms with Crippen LogP contribution in [0.3, 0.4) is 0 Å². The van der Waals surface area contributed by atoms with Crippen LogP contribution in [0.5, 0.6) is 0 Å². The third kappa shape index (κ3) is 2.78. The van der Waals surface area contributed by atoms with Crippen LogP contribution in [0, 0.1) is 0 Å². The van der Waals surface area contributed by atoms with Crippen LogP contribution in [0.2, 0.25) is 0 Å². The zero-order valence-corrected chi connectivity index (χ0v) is 12.6. The highest BCUT2D eigenvalue weighted by Crippen LogP contribution is 2.19. The monoisotopic (exact) mass is 301 g/mol. The largest absolute Gasteiger partial charge is 0.344 e. The standard InChI is InChI=1S/C14H15N5OS/c1-8(2)12-13(21-19-18-12)14(20)15-7-11-16-9-5-3-4-6-10(9)17-11/h3-6,8H,7H2,1-2H3,(H,15,20)(H,16,17). The molecule has 0 saturated heterocycles. The van der Waals surface area contributed by atoms with E-state index < -0.39 is 0 Å². The summed E-state index contributed by atoms with van der Waals surface area (Å²) in [6.07, 6.45) is 0. The minimum atomic E-state index is -0.158. The molecule has 0 aliphatic rings. The number of H-pyrrole nitrogens is 1. The number of nitrogens with zero attached hydrogens (tertiary/aromatic N) is 3. The zero-order valence-electron chi connectivity index (χ0n) is 11.8. The number of carbonyl (C=O) groups excluding carboxylic acids is 1. The maximum atomic E-state index is 12.2. The van der Waals surface area contributed by atoms with Gasteiger partial charge in [-0.25, -0.2) is 4.98 Å². The molecule has 0 unspecified atom stereocenters. The first-order valence-electron chi connectivity index (χ1n) is 6.69. The summed E-state index contributed by atoms with van der Waals surface area (Å²) in [6.45, 7) is 4.34. The Bertz CT molecular complexity index is 743. The number of hydrogen-bond donors (Lipinski definition) is 2. The molecule has 1 aromatic carbocycles. The van der Waals surface area contributed by atoms with Crippen LogP contribution in [0.4, 0.5) is 0 Å². The molecule has 7 heteroatoms. The SMILES string of the molecule is CC(C)c1nnsc1C(=O)NCc1nc2ccccc2[nH]1. The summed E-state index contributed by atoms with van der Waals surface area (Å²) in [7, 11) is 0. The molecule has 0 atom stereocenters. The normalized spacial score (nSPS) is 11.2. The van der Waals surface area contributed by atoms with Crippen molar-refractivity contribution in [1.82, 2.24) is 24.9 Å². The third-order valence-corrected chi connectivity index (χ3v) is 3.86. The number of imidazole rings is 1. The van der Waals surface area contributed by atoms with E-state index in [2.05, 4.69) is 24.9 Å². The average molecular weight is 301 g/mol. The van der Waals surface area contributed by atoms with Gasteiger partial charge in [-0.1, -0.05) is 30.5 Å². The number of carbonyl (C=O) groups is 1. The van der Waals surface area contributed by atoms with Crippen LogP contribution in [0.15, 0.2) is 24.3 Å². The minimum Gasteiger partial charge on any atom is -0.344 e. The average Bonchev–Trinajstić information content (AvgIpc) is 3.10. The number of amides is 1. The Hall–Kier alpha value is -2.28. The molecule has 21 heavy (non-hydrogen) atoms. The van der Waals surface area contributed by atoms with Gasteiger partial charge in [0.2, 0.25) is 0 Å². The maximum absolute atomic E-state index is 12.2. The Kier molecular flexibility index (Phi) is 3.66. The molecule has 0 saturated carbocycles. The van der Waals surface area contributed by atoms with E-state index in [1.165, 1.54) is 0 Å². The van der Waals surface area contributed by atoms with Crippen LogP contribution < -0.4 is 5.32 Å². The number of hydrogen-bond acceptors (Lipinski definition) is 5. The summed E-state index contributed by atoms with van der Waals surface area (Å²) < 4.78 is 3.86. The summed E-state index contributed by atoms with van der Waals surface area (Å²) in [5, 5.41) is 6.87. The second-order valence-corrected chi connectivity index (χ2v) is 5.78. The van der Waals surface area contributed by atoms with Crippen molar-refractivity contribution in [2.24, 2.45) is 0 Å². The summed E-state index contributed by atoms with van der Waals surface area (Å²) in [5.74, 6) is 0.748. The van der Waals surface area contributed by atoms with E-state index in [9.17, 15) is 4.79 Å². The van der Waals surface area contributed by atoms with Gasteiger partial charge in [0, 0.05) is 0 Å². The van der Waals surface area contributed by atoms with Gasteiger partial charge >= 0.3 is 0 Å². The molecule has 2 aromatic heterocycles. The van der Waals surface area contributed by atoms with Gasteiger partial charge in [-0.2, -0.15) is 0 Å². The van der Waals surface area contributed by atoms with Crippen molar-refractivity contribution in [3.8, 4) is 0 Å². The Labute approximate surface area is 125 Å². The number of fused-ring (bicyclic) bond motifs is 1. The molecule has 3 rings (SSSR count). The number of aromatic nitrogens is 4. The van der Waals surface area contributed by atoms with Gasteiger partial charge in [-0.15, -0.1) is 5.10 Å². The highest BCUT2D eigenvalue weighted by Gasteiger charge is 2.18. The summed E-state index contributed by atoms with van der Waals surface area (Å²) in [4.78, 5) is 20.4. The number of rotatable bonds is 4. The van der Waals surface area contributed by atoms with Crippen LogP contribution in [0.25, 0.3) is 11.0 Å². The molecule has 0 aliphatic heterocycles. The predicted molar refractivity (Wildman–Crippen MR) is 81.3 cm³/mol. The van der Waals surface area contributed by atoms with Gasteiger partial charge in [0.15, 0.2) is 0 Å². The lowest BCUT2D eigenvalue weighted by Gasteiger charge is -2.04. The Balaban J connectivity index is 1.72. The summed E-state index contributed by atoms with van der Waals surface area (Å²) in [6, 6.07) is 7.77. The fourth-order valence-corrected chi connectivity index (χ4v) is 2.80. The molecule has 6 nitrogen and oxygen atoms in total. The number of nitrogens with one attached hydrogen (secondary N) is 2. The van der Waals surface area contributed by atoms with Crippen LogP contribution >= 0.6 is 11.5 Å². The van der Waals surface area contributed by atoms with E-state index in [4.69, 9.17) is 0 Å². The number of para-hydroxylation sites is 2. The molecule has 0 fully saturated rings. The lowest BCUT2D eigenvalue weighted by atomic mass is 10.1.